The molecule has 0 aromatic carbocycles. The molecule has 0 N–H and O–H groups in total. The number of allylic oxidation sites excluding steroid dienone is 2. The molecular weight excluding hydrogens is 154 g/mol. The fourth-order valence-corrected chi connectivity index (χ4v) is 1.74. The Kier molecular flexibility index (Phi) is 2.60. The molecular formula is C9H11NS. The van der Waals surface area contributed by atoms with Gasteiger partial charge in [-0.15, -0.1) is 0 Å². The topological polar surface area (TPSA) is 3.24 Å². The third-order valence-electron chi connectivity index (χ3n) is 1.49. The summed E-state index contributed by atoms with van der Waals surface area (Å²) >= 11 is 1.67. The molecule has 0 bridgehead atoms. The van der Waals surface area contributed by atoms with E-state index in [1.54, 1.807) is 11.8 Å². The fourth-order valence-electron chi connectivity index (χ4n) is 0.907. The molecule has 1 heterocycles. The van der Waals surface area contributed by atoms with E-state index in [1.165, 1.54) is 0 Å². The number of hydrogen-bond acceptors (Lipinski definition) is 2. The normalized spacial score (nSPS) is 17.0. The van der Waals surface area contributed by atoms with Crippen molar-refractivity contribution in [2.45, 2.75) is 0 Å². The minimum absolute atomic E-state index is 1.12. The van der Waals surface area contributed by atoms with Crippen molar-refractivity contribution < 1.29 is 0 Å². The van der Waals surface area contributed by atoms with E-state index in [9.17, 15) is 0 Å². The molecule has 0 unspecified atom stereocenters. The monoisotopic (exact) mass is 165 g/mol. The molecule has 0 amide bonds. The number of thioether (sulfide) groups is 1. The van der Waals surface area contributed by atoms with Crippen LogP contribution >= 0.6 is 11.8 Å². The van der Waals surface area contributed by atoms with Gasteiger partial charge in [0, 0.05) is 18.2 Å². The lowest BCUT2D eigenvalue weighted by Crippen LogP contribution is -2.11. The zero-order chi connectivity index (χ0) is 8.27. The van der Waals surface area contributed by atoms with Crippen LogP contribution in [0.2, 0.25) is 0 Å². The molecule has 0 aromatic rings. The van der Waals surface area contributed by atoms with Crippen molar-refractivity contribution in [2.24, 2.45) is 0 Å². The van der Waals surface area contributed by atoms with Crippen molar-refractivity contribution in [2.75, 3.05) is 7.05 Å². The van der Waals surface area contributed by atoms with E-state index in [0.29, 0.717) is 0 Å². The summed E-state index contributed by atoms with van der Waals surface area (Å²) in [7, 11) is 2.00. The molecule has 11 heavy (non-hydrogen) atoms. The van der Waals surface area contributed by atoms with Crippen molar-refractivity contribution >= 4 is 11.8 Å². The highest BCUT2D eigenvalue weighted by atomic mass is 32.2. The van der Waals surface area contributed by atoms with Crippen LogP contribution in [-0.2, 0) is 0 Å². The zero-order valence-electron chi connectivity index (χ0n) is 6.58. The molecule has 1 nitrogen and oxygen atoms in total. The molecule has 0 aromatic heterocycles. The minimum atomic E-state index is 1.12. The second kappa shape index (κ2) is 3.49. The van der Waals surface area contributed by atoms with Crippen molar-refractivity contribution in [3.05, 3.63) is 47.5 Å². The van der Waals surface area contributed by atoms with Crippen LogP contribution < -0.4 is 0 Å². The van der Waals surface area contributed by atoms with E-state index in [0.717, 1.165) is 10.6 Å². The Morgan fingerprint density at radius 1 is 1.45 bits per heavy atom. The predicted octanol–water partition coefficient (Wildman–Crippen LogP) is 2.72. The van der Waals surface area contributed by atoms with Crippen molar-refractivity contribution in [3.63, 3.8) is 0 Å². The van der Waals surface area contributed by atoms with Gasteiger partial charge in [0.25, 0.3) is 0 Å². The maximum Gasteiger partial charge on any atom is 0.0539 e. The lowest BCUT2D eigenvalue weighted by molar-refractivity contribution is 0.587. The van der Waals surface area contributed by atoms with Gasteiger partial charge in [-0.25, -0.2) is 0 Å². The quantitative estimate of drug-likeness (QED) is 0.619. The van der Waals surface area contributed by atoms with E-state index < -0.39 is 0 Å². The van der Waals surface area contributed by atoms with Crippen LogP contribution in [0.15, 0.2) is 47.5 Å². The largest absolute Gasteiger partial charge is 0.350 e. The molecule has 0 radical (unpaired) electrons. The van der Waals surface area contributed by atoms with Crippen LogP contribution in [-0.4, -0.2) is 11.9 Å². The van der Waals surface area contributed by atoms with Gasteiger partial charge in [0.2, 0.25) is 0 Å². The van der Waals surface area contributed by atoms with Crippen molar-refractivity contribution in [3.8, 4) is 0 Å². The Balaban J connectivity index is 2.98. The van der Waals surface area contributed by atoms with Gasteiger partial charge in [0.05, 0.1) is 5.70 Å². The van der Waals surface area contributed by atoms with Crippen molar-refractivity contribution in [1.82, 2.24) is 4.90 Å². The molecule has 2 heteroatoms. The predicted molar refractivity (Wildman–Crippen MR) is 51.9 cm³/mol. The summed E-state index contributed by atoms with van der Waals surface area (Å²) in [5.41, 5.74) is 1.12. The van der Waals surface area contributed by atoms with Gasteiger partial charge in [-0.05, 0) is 11.5 Å². The first kappa shape index (κ1) is 8.21. The van der Waals surface area contributed by atoms with E-state index in [2.05, 4.69) is 13.2 Å². The summed E-state index contributed by atoms with van der Waals surface area (Å²) < 4.78 is 0. The molecule has 1 aliphatic rings. The van der Waals surface area contributed by atoms with Gasteiger partial charge in [0.15, 0.2) is 0 Å². The van der Waals surface area contributed by atoms with Crippen molar-refractivity contribution in [1.29, 1.82) is 0 Å². The fraction of sp³-hybridized carbons (Fsp3) is 0.111. The lowest BCUT2D eigenvalue weighted by Gasteiger charge is -2.21. The summed E-state index contributed by atoms with van der Waals surface area (Å²) in [5, 5.41) is 2.03. The minimum Gasteiger partial charge on any atom is -0.350 e. The third-order valence-corrected chi connectivity index (χ3v) is 2.38. The lowest BCUT2D eigenvalue weighted by atomic mass is 10.3. The maximum absolute atomic E-state index is 3.74. The van der Waals surface area contributed by atoms with Gasteiger partial charge in [-0.3, -0.25) is 0 Å². The molecule has 0 saturated carbocycles. The molecule has 0 saturated heterocycles. The first-order valence-electron chi connectivity index (χ1n) is 3.35. The van der Waals surface area contributed by atoms with Crippen LogP contribution in [0, 0.1) is 0 Å². The van der Waals surface area contributed by atoms with Gasteiger partial charge in [0.1, 0.15) is 0 Å². The van der Waals surface area contributed by atoms with E-state index in [4.69, 9.17) is 0 Å². The van der Waals surface area contributed by atoms with Crippen LogP contribution in [0.3, 0.4) is 0 Å². The highest BCUT2D eigenvalue weighted by molar-refractivity contribution is 8.06. The first-order valence-corrected chi connectivity index (χ1v) is 4.23. The average Bonchev–Trinajstić information content (AvgIpc) is 2.04. The Morgan fingerprint density at radius 3 is 2.64 bits per heavy atom. The molecule has 0 fully saturated rings. The Labute approximate surface area is 71.8 Å². The van der Waals surface area contributed by atoms with Crippen LogP contribution in [0.25, 0.3) is 0 Å². The number of likely N-dealkylation sites (N-methyl/N-ethyl adjacent to an activating group) is 1. The Morgan fingerprint density at radius 2 is 2.18 bits per heavy atom. The smallest absolute Gasteiger partial charge is 0.0539 e. The molecule has 0 spiro atoms. The zero-order valence-corrected chi connectivity index (χ0v) is 7.40. The second-order valence-electron chi connectivity index (χ2n) is 2.17. The average molecular weight is 165 g/mol. The van der Waals surface area contributed by atoms with Gasteiger partial charge in [-0.2, -0.15) is 0 Å². The molecule has 1 aliphatic heterocycles. The number of nitrogens with zero attached hydrogens (tertiary/aromatic N) is 1. The molecule has 1 rings (SSSR count). The maximum atomic E-state index is 3.74. The molecule has 0 aliphatic carbocycles. The van der Waals surface area contributed by atoms with E-state index in [1.807, 2.05) is 35.7 Å². The summed E-state index contributed by atoms with van der Waals surface area (Å²) in [5.74, 6) is 0. The summed E-state index contributed by atoms with van der Waals surface area (Å²) in [4.78, 5) is 3.19. The number of hydrogen-bond donors (Lipinski definition) is 0. The SMILES string of the molecule is C=CC1=C(C=C)N(C)C=CS1. The van der Waals surface area contributed by atoms with Gasteiger partial charge in [-0.1, -0.05) is 31.0 Å². The van der Waals surface area contributed by atoms with Gasteiger partial charge < -0.3 is 4.90 Å². The van der Waals surface area contributed by atoms with E-state index in [-0.39, 0.29) is 0 Å². The van der Waals surface area contributed by atoms with Gasteiger partial charge >= 0.3 is 0 Å². The summed E-state index contributed by atoms with van der Waals surface area (Å²) in [6, 6.07) is 0. The summed E-state index contributed by atoms with van der Waals surface area (Å²) in [6.45, 7) is 7.47. The molecule has 58 valence electrons. The van der Waals surface area contributed by atoms with Crippen LogP contribution in [0.4, 0.5) is 0 Å². The first-order chi connectivity index (χ1) is 5.29. The standard InChI is InChI=1S/C9H11NS/c1-4-8-9(5-2)11-7-6-10(8)3/h4-7H,1-2H2,3H3. The summed E-state index contributed by atoms with van der Waals surface area (Å²) in [6.07, 6.45) is 5.70. The Hall–Kier alpha value is -0.890. The third kappa shape index (κ3) is 1.57. The van der Waals surface area contributed by atoms with Crippen LogP contribution in [0.5, 0.6) is 0 Å². The highest BCUT2D eigenvalue weighted by Crippen LogP contribution is 2.28. The van der Waals surface area contributed by atoms with E-state index >= 15 is 0 Å². The molecule has 0 atom stereocenters. The van der Waals surface area contributed by atoms with Crippen LogP contribution in [0.1, 0.15) is 0 Å². The Bertz CT molecular complexity index is 238. The number of rotatable bonds is 2. The highest BCUT2D eigenvalue weighted by Gasteiger charge is 2.07. The second-order valence-corrected chi connectivity index (χ2v) is 3.12.